The maximum atomic E-state index is 13.7. The number of aromatic nitrogens is 2. The summed E-state index contributed by atoms with van der Waals surface area (Å²) in [6.07, 6.45) is 2.66. The zero-order chi connectivity index (χ0) is 14.7. The van der Waals surface area contributed by atoms with Gasteiger partial charge in [0.1, 0.15) is 0 Å². The highest BCUT2D eigenvalue weighted by molar-refractivity contribution is 5.45. The first-order valence-corrected chi connectivity index (χ1v) is 5.55. The Kier molecular flexibility index (Phi) is 3.85. The van der Waals surface area contributed by atoms with Crippen molar-refractivity contribution >= 4 is 5.69 Å². The molecular formula is C12H10FN3O4. The first-order chi connectivity index (χ1) is 9.51. The van der Waals surface area contributed by atoms with Crippen molar-refractivity contribution < 1.29 is 19.2 Å². The molecule has 0 bridgehead atoms. The van der Waals surface area contributed by atoms with Gasteiger partial charge in [0.2, 0.25) is 0 Å². The number of aryl methyl sites for hydroxylation is 1. The van der Waals surface area contributed by atoms with Crippen molar-refractivity contribution in [3.8, 4) is 11.8 Å². The number of benzene rings is 1. The summed E-state index contributed by atoms with van der Waals surface area (Å²) in [5, 5.41) is 19.5. The average Bonchev–Trinajstić information content (AvgIpc) is 2.43. The van der Waals surface area contributed by atoms with Crippen LogP contribution >= 0.6 is 0 Å². The molecule has 0 amide bonds. The molecule has 0 aliphatic heterocycles. The van der Waals surface area contributed by atoms with Gasteiger partial charge in [-0.3, -0.25) is 10.1 Å². The third-order valence-electron chi connectivity index (χ3n) is 2.51. The fraction of sp³-hybridized carbons (Fsp3) is 0.167. The molecule has 0 spiro atoms. The second-order valence-electron chi connectivity index (χ2n) is 3.96. The maximum absolute atomic E-state index is 13.7. The predicted molar refractivity (Wildman–Crippen MR) is 65.8 cm³/mol. The zero-order valence-electron chi connectivity index (χ0n) is 10.4. The summed E-state index contributed by atoms with van der Waals surface area (Å²) >= 11 is 0. The van der Waals surface area contributed by atoms with Crippen LogP contribution < -0.4 is 4.74 Å². The molecule has 0 saturated carbocycles. The van der Waals surface area contributed by atoms with Gasteiger partial charge in [0, 0.05) is 23.5 Å². The van der Waals surface area contributed by atoms with Gasteiger partial charge in [0.15, 0.2) is 11.6 Å². The molecule has 1 heterocycles. The molecule has 0 fully saturated rings. The first-order valence-electron chi connectivity index (χ1n) is 5.55. The molecule has 104 valence electrons. The minimum absolute atomic E-state index is 0.116. The molecule has 2 rings (SSSR count). The Bertz CT molecular complexity index is 646. The predicted octanol–water partition coefficient (Wildman–Crippen LogP) is 2.12. The minimum atomic E-state index is -0.878. The smallest absolute Gasteiger partial charge is 0.321 e. The monoisotopic (exact) mass is 279 g/mol. The van der Waals surface area contributed by atoms with Gasteiger partial charge in [0.25, 0.3) is 5.69 Å². The third-order valence-corrected chi connectivity index (χ3v) is 2.51. The van der Waals surface area contributed by atoms with E-state index >= 15 is 0 Å². The van der Waals surface area contributed by atoms with Crippen molar-refractivity contribution in [2.45, 2.75) is 13.5 Å². The second-order valence-corrected chi connectivity index (χ2v) is 3.96. The summed E-state index contributed by atoms with van der Waals surface area (Å²) in [7, 11) is 0. The maximum Gasteiger partial charge on any atom is 0.321 e. The van der Waals surface area contributed by atoms with Crippen LogP contribution in [-0.4, -0.2) is 20.0 Å². The number of ether oxygens (including phenoxy) is 1. The van der Waals surface area contributed by atoms with E-state index in [1.807, 2.05) is 0 Å². The fourth-order valence-corrected chi connectivity index (χ4v) is 1.50. The molecule has 0 atom stereocenters. The Morgan fingerprint density at radius 1 is 1.40 bits per heavy atom. The van der Waals surface area contributed by atoms with E-state index in [0.29, 0.717) is 5.56 Å². The molecule has 2 aromatic rings. The van der Waals surface area contributed by atoms with E-state index in [1.165, 1.54) is 25.4 Å². The van der Waals surface area contributed by atoms with E-state index in [0.717, 1.165) is 6.07 Å². The number of nitro benzene ring substituents is 1. The quantitative estimate of drug-likeness (QED) is 0.679. The molecule has 0 saturated heterocycles. The number of hydrogen-bond acceptors (Lipinski definition) is 6. The second kappa shape index (κ2) is 5.57. The number of nitro groups is 1. The van der Waals surface area contributed by atoms with Crippen LogP contribution in [0.15, 0.2) is 24.5 Å². The molecule has 0 aliphatic rings. The number of aliphatic hydroxyl groups is 1. The highest BCUT2D eigenvalue weighted by Crippen LogP contribution is 2.29. The summed E-state index contributed by atoms with van der Waals surface area (Å²) in [4.78, 5) is 17.6. The van der Waals surface area contributed by atoms with Gasteiger partial charge in [0.05, 0.1) is 17.6 Å². The highest BCUT2D eigenvalue weighted by Gasteiger charge is 2.17. The largest absolute Gasteiger partial charge is 0.421 e. The number of nitrogens with zero attached hydrogens (tertiary/aromatic N) is 3. The lowest BCUT2D eigenvalue weighted by atomic mass is 10.2. The van der Waals surface area contributed by atoms with Crippen LogP contribution in [0.1, 0.15) is 11.1 Å². The van der Waals surface area contributed by atoms with Crippen molar-refractivity contribution in [2.75, 3.05) is 0 Å². The van der Waals surface area contributed by atoms with E-state index in [2.05, 4.69) is 9.97 Å². The molecule has 20 heavy (non-hydrogen) atoms. The number of hydrogen-bond donors (Lipinski definition) is 1. The fourth-order valence-electron chi connectivity index (χ4n) is 1.50. The lowest BCUT2D eigenvalue weighted by Gasteiger charge is -2.06. The average molecular weight is 279 g/mol. The molecular weight excluding hydrogens is 269 g/mol. The summed E-state index contributed by atoms with van der Waals surface area (Å²) in [5.74, 6) is -1.08. The van der Waals surface area contributed by atoms with Crippen LogP contribution in [0, 0.1) is 22.9 Å². The molecule has 7 nitrogen and oxygen atoms in total. The normalized spacial score (nSPS) is 10.3. The Balaban J connectivity index is 2.29. The van der Waals surface area contributed by atoms with Crippen molar-refractivity contribution in [3.63, 3.8) is 0 Å². The van der Waals surface area contributed by atoms with Crippen LogP contribution in [0.5, 0.6) is 11.8 Å². The van der Waals surface area contributed by atoms with Crippen LogP contribution in [0.3, 0.4) is 0 Å². The molecule has 1 N–H and O–H groups in total. The summed E-state index contributed by atoms with van der Waals surface area (Å²) in [6.45, 7) is 1.26. The van der Waals surface area contributed by atoms with Crippen LogP contribution in [0.25, 0.3) is 0 Å². The van der Waals surface area contributed by atoms with Crippen LogP contribution in [-0.2, 0) is 6.61 Å². The highest BCUT2D eigenvalue weighted by atomic mass is 19.1. The molecule has 8 heteroatoms. The lowest BCUT2D eigenvalue weighted by Crippen LogP contribution is -1.98. The van der Waals surface area contributed by atoms with E-state index < -0.39 is 10.7 Å². The van der Waals surface area contributed by atoms with Gasteiger partial charge in [-0.1, -0.05) is 0 Å². The molecule has 0 unspecified atom stereocenters. The molecule has 0 aliphatic carbocycles. The van der Waals surface area contributed by atoms with E-state index in [9.17, 15) is 14.5 Å². The Labute approximate surface area is 112 Å². The number of aliphatic hydroxyl groups excluding tert-OH is 1. The topological polar surface area (TPSA) is 98.4 Å². The van der Waals surface area contributed by atoms with Gasteiger partial charge < -0.3 is 9.84 Å². The SMILES string of the molecule is Cc1cc(Oc2ncc(CO)cn2)c(F)cc1[N+](=O)[O-]. The van der Waals surface area contributed by atoms with E-state index in [1.54, 1.807) is 0 Å². The number of halogens is 1. The van der Waals surface area contributed by atoms with Crippen molar-refractivity contribution in [2.24, 2.45) is 0 Å². The van der Waals surface area contributed by atoms with Gasteiger partial charge in [-0.05, 0) is 13.0 Å². The minimum Gasteiger partial charge on any atom is -0.421 e. The van der Waals surface area contributed by atoms with Crippen molar-refractivity contribution in [1.82, 2.24) is 9.97 Å². The van der Waals surface area contributed by atoms with Crippen molar-refractivity contribution in [3.05, 3.63) is 51.6 Å². The molecule has 0 radical (unpaired) electrons. The summed E-state index contributed by atoms with van der Waals surface area (Å²) in [5.41, 5.74) is 0.419. The number of rotatable bonds is 4. The first kappa shape index (κ1) is 13.8. The van der Waals surface area contributed by atoms with Gasteiger partial charge in [-0.25, -0.2) is 14.4 Å². The van der Waals surface area contributed by atoms with Gasteiger partial charge >= 0.3 is 6.01 Å². The molecule has 1 aromatic carbocycles. The molecule has 1 aromatic heterocycles. The van der Waals surface area contributed by atoms with Crippen LogP contribution in [0.4, 0.5) is 10.1 Å². The zero-order valence-corrected chi connectivity index (χ0v) is 10.4. The van der Waals surface area contributed by atoms with Gasteiger partial charge in [-0.2, -0.15) is 0 Å². The Hall–Kier alpha value is -2.61. The van der Waals surface area contributed by atoms with Crippen LogP contribution in [0.2, 0.25) is 0 Å². The van der Waals surface area contributed by atoms with E-state index in [4.69, 9.17) is 9.84 Å². The van der Waals surface area contributed by atoms with Gasteiger partial charge in [-0.15, -0.1) is 0 Å². The Morgan fingerprint density at radius 2 is 2.05 bits per heavy atom. The standard InChI is InChI=1S/C12H10FN3O4/c1-7-2-11(9(13)3-10(7)16(18)19)20-12-14-4-8(6-17)5-15-12/h2-5,17H,6H2,1H3. The lowest BCUT2D eigenvalue weighted by molar-refractivity contribution is -0.385. The summed E-state index contributed by atoms with van der Waals surface area (Å²) < 4.78 is 18.8. The van der Waals surface area contributed by atoms with E-state index in [-0.39, 0.29) is 29.6 Å². The van der Waals surface area contributed by atoms with Crippen molar-refractivity contribution in [1.29, 1.82) is 0 Å². The third kappa shape index (κ3) is 2.86. The summed E-state index contributed by atoms with van der Waals surface area (Å²) in [6, 6.07) is 1.87. The Morgan fingerprint density at radius 3 is 2.60 bits per heavy atom.